The van der Waals surface area contributed by atoms with E-state index >= 15 is 0 Å². The lowest BCUT2D eigenvalue weighted by molar-refractivity contribution is 0.136. The third-order valence-electron chi connectivity index (χ3n) is 3.42. The molecule has 8 heteroatoms. The Balaban J connectivity index is 2.25. The second-order valence-electron chi connectivity index (χ2n) is 4.68. The molecule has 0 unspecified atom stereocenters. The van der Waals surface area contributed by atoms with Gasteiger partial charge in [0.2, 0.25) is 5.95 Å². The number of hydrogen-bond acceptors (Lipinski definition) is 3. The average Bonchev–Trinajstić information content (AvgIpc) is 2.63. The van der Waals surface area contributed by atoms with Gasteiger partial charge >= 0.3 is 0 Å². The molecule has 21 heavy (non-hydrogen) atoms. The van der Waals surface area contributed by atoms with Gasteiger partial charge < -0.3 is 10.5 Å². The Bertz CT molecular complexity index is 770. The molecule has 1 aliphatic heterocycles. The number of halogens is 3. The molecule has 0 fully saturated rings. The van der Waals surface area contributed by atoms with Gasteiger partial charge in [0.25, 0.3) is 5.56 Å². The fraction of sp³-hybridized carbons (Fsp3) is 0.308. The van der Waals surface area contributed by atoms with Gasteiger partial charge in [0, 0.05) is 5.56 Å². The lowest BCUT2D eigenvalue weighted by Gasteiger charge is -2.06. The van der Waals surface area contributed by atoms with Crippen LogP contribution in [0.4, 0.5) is 10.1 Å². The Kier molecular flexibility index (Phi) is 3.69. The van der Waals surface area contributed by atoms with Crippen LogP contribution < -0.4 is 11.3 Å². The summed E-state index contributed by atoms with van der Waals surface area (Å²) < 4.78 is 22.4. The first-order chi connectivity index (χ1) is 10.0. The molecule has 1 aliphatic rings. The third kappa shape index (κ3) is 2.33. The van der Waals surface area contributed by atoms with Crippen LogP contribution in [-0.4, -0.2) is 22.6 Å². The molecule has 1 aromatic carbocycles. The number of nitrogens with zero attached hydrogens (tertiary/aromatic N) is 2. The molecule has 3 rings (SSSR count). The number of nitrogens with two attached hydrogens (primary N) is 1. The summed E-state index contributed by atoms with van der Waals surface area (Å²) in [6.07, 6.45) is 0. The molecule has 0 spiro atoms. The van der Waals surface area contributed by atoms with Crippen LogP contribution in [0.3, 0.4) is 0 Å². The lowest BCUT2D eigenvalue weighted by Crippen LogP contribution is -2.23. The number of anilines is 1. The van der Waals surface area contributed by atoms with Gasteiger partial charge in [-0.2, -0.15) is 4.39 Å². The van der Waals surface area contributed by atoms with Crippen LogP contribution in [0.1, 0.15) is 0 Å². The predicted molar refractivity (Wildman–Crippen MR) is 79.3 cm³/mol. The molecule has 2 heterocycles. The van der Waals surface area contributed by atoms with Gasteiger partial charge in [-0.1, -0.05) is 23.2 Å². The normalized spacial score (nSPS) is 14.8. The highest BCUT2D eigenvalue weighted by atomic mass is 35.5. The number of hydrogen-bond donors (Lipinski definition) is 1. The molecule has 0 bridgehead atoms. The van der Waals surface area contributed by atoms with Gasteiger partial charge in [-0.15, -0.1) is 0 Å². The Morgan fingerprint density at radius 2 is 1.81 bits per heavy atom. The van der Waals surface area contributed by atoms with Crippen molar-refractivity contribution < 1.29 is 9.13 Å². The molecular formula is C13H12Cl2FN3O2. The van der Waals surface area contributed by atoms with Crippen LogP contribution in [0.25, 0.3) is 11.1 Å². The minimum Gasteiger partial charge on any atom is -0.398 e. The second kappa shape index (κ2) is 5.36. The van der Waals surface area contributed by atoms with Gasteiger partial charge in [-0.3, -0.25) is 9.48 Å². The number of fused-ring (bicyclic) bond motifs is 1. The lowest BCUT2D eigenvalue weighted by atomic mass is 10.1. The summed E-state index contributed by atoms with van der Waals surface area (Å²) in [5.74, 6) is -0.644. The molecule has 0 saturated heterocycles. The number of ether oxygens (including phenoxy) is 1. The average molecular weight is 332 g/mol. The highest BCUT2D eigenvalue weighted by Crippen LogP contribution is 2.34. The zero-order chi connectivity index (χ0) is 15.1. The first-order valence-electron chi connectivity index (χ1n) is 6.32. The SMILES string of the molecule is Nc1cc(-c2c(F)n3n(c2=O)CCOCC3)c(Cl)cc1Cl. The number of aromatic nitrogens is 2. The summed E-state index contributed by atoms with van der Waals surface area (Å²) >= 11 is 12.0. The van der Waals surface area contributed by atoms with E-state index in [4.69, 9.17) is 33.7 Å². The van der Waals surface area contributed by atoms with E-state index in [1.54, 1.807) is 0 Å². The zero-order valence-electron chi connectivity index (χ0n) is 10.9. The minimum atomic E-state index is -0.644. The Hall–Kier alpha value is -1.50. The van der Waals surface area contributed by atoms with E-state index in [-0.39, 0.29) is 39.9 Å². The molecule has 5 nitrogen and oxygen atoms in total. The first kappa shape index (κ1) is 14.4. The predicted octanol–water partition coefficient (Wildman–Crippen LogP) is 2.38. The molecule has 0 atom stereocenters. The van der Waals surface area contributed by atoms with Gasteiger partial charge in [0.15, 0.2) is 0 Å². The number of nitrogen functional groups attached to an aromatic ring is 1. The summed E-state index contributed by atoms with van der Waals surface area (Å²) in [5.41, 5.74) is 5.66. The van der Waals surface area contributed by atoms with Gasteiger partial charge in [0.1, 0.15) is 5.56 Å². The molecule has 0 saturated carbocycles. The Morgan fingerprint density at radius 1 is 1.14 bits per heavy atom. The molecule has 0 amide bonds. The van der Waals surface area contributed by atoms with Crippen LogP contribution in [0.5, 0.6) is 0 Å². The van der Waals surface area contributed by atoms with Gasteiger partial charge in [0.05, 0.1) is 42.0 Å². The summed E-state index contributed by atoms with van der Waals surface area (Å²) in [4.78, 5) is 12.5. The fourth-order valence-electron chi connectivity index (χ4n) is 2.39. The number of rotatable bonds is 1. The van der Waals surface area contributed by atoms with Crippen molar-refractivity contribution in [2.75, 3.05) is 18.9 Å². The molecule has 2 N–H and O–H groups in total. The van der Waals surface area contributed by atoms with Crippen molar-refractivity contribution in [2.45, 2.75) is 13.1 Å². The van der Waals surface area contributed by atoms with Crippen LogP contribution in [0.2, 0.25) is 10.0 Å². The molecule has 2 aromatic rings. The summed E-state index contributed by atoms with van der Waals surface area (Å²) in [6.45, 7) is 1.26. The maximum Gasteiger partial charge on any atom is 0.277 e. The second-order valence-corrected chi connectivity index (χ2v) is 5.50. The summed E-state index contributed by atoms with van der Waals surface area (Å²) in [5, 5.41) is 0.446. The van der Waals surface area contributed by atoms with Crippen molar-refractivity contribution >= 4 is 28.9 Å². The monoisotopic (exact) mass is 331 g/mol. The van der Waals surface area contributed by atoms with Gasteiger partial charge in [-0.05, 0) is 12.1 Å². The zero-order valence-corrected chi connectivity index (χ0v) is 12.4. The quantitative estimate of drug-likeness (QED) is 0.816. The molecule has 0 radical (unpaired) electrons. The van der Waals surface area contributed by atoms with E-state index < -0.39 is 11.5 Å². The van der Waals surface area contributed by atoms with Crippen molar-refractivity contribution in [3.8, 4) is 11.1 Å². The van der Waals surface area contributed by atoms with Crippen molar-refractivity contribution in [3.05, 3.63) is 38.5 Å². The molecule has 112 valence electrons. The minimum absolute atomic E-state index is 0.0923. The van der Waals surface area contributed by atoms with Crippen molar-refractivity contribution in [1.82, 2.24) is 9.36 Å². The standard InChI is InChI=1S/C13H12Cl2FN3O2/c14-8-6-9(15)10(17)5-7(8)11-12(16)18-1-3-21-4-2-19(18)13(11)20/h5-6H,1-4,17H2. The van der Waals surface area contributed by atoms with Crippen LogP contribution in [0.15, 0.2) is 16.9 Å². The Morgan fingerprint density at radius 3 is 2.52 bits per heavy atom. The summed E-state index contributed by atoms with van der Waals surface area (Å²) in [7, 11) is 0. The molecule has 1 aromatic heterocycles. The van der Waals surface area contributed by atoms with E-state index in [1.807, 2.05) is 0 Å². The van der Waals surface area contributed by atoms with Crippen LogP contribution in [0, 0.1) is 5.95 Å². The molecule has 0 aliphatic carbocycles. The van der Waals surface area contributed by atoms with E-state index in [2.05, 4.69) is 0 Å². The van der Waals surface area contributed by atoms with Crippen molar-refractivity contribution in [2.24, 2.45) is 0 Å². The van der Waals surface area contributed by atoms with Gasteiger partial charge in [-0.25, -0.2) is 4.68 Å². The van der Waals surface area contributed by atoms with Crippen molar-refractivity contribution in [3.63, 3.8) is 0 Å². The fourth-order valence-corrected chi connectivity index (χ4v) is 2.87. The highest BCUT2D eigenvalue weighted by Gasteiger charge is 2.24. The third-order valence-corrected chi connectivity index (χ3v) is 4.06. The number of benzene rings is 1. The Labute approximate surface area is 129 Å². The molecular weight excluding hydrogens is 320 g/mol. The maximum atomic E-state index is 14.6. The topological polar surface area (TPSA) is 62.2 Å². The van der Waals surface area contributed by atoms with E-state index in [0.717, 1.165) is 0 Å². The summed E-state index contributed by atoms with van der Waals surface area (Å²) in [6, 6.07) is 2.82. The maximum absolute atomic E-state index is 14.6. The van der Waals surface area contributed by atoms with E-state index in [9.17, 15) is 9.18 Å². The largest absolute Gasteiger partial charge is 0.398 e. The van der Waals surface area contributed by atoms with E-state index in [0.29, 0.717) is 13.2 Å². The highest BCUT2D eigenvalue weighted by molar-refractivity contribution is 6.37. The van der Waals surface area contributed by atoms with Crippen molar-refractivity contribution in [1.29, 1.82) is 0 Å². The smallest absolute Gasteiger partial charge is 0.277 e. The first-order valence-corrected chi connectivity index (χ1v) is 7.08. The van der Waals surface area contributed by atoms with Crippen LogP contribution >= 0.6 is 23.2 Å². The van der Waals surface area contributed by atoms with E-state index in [1.165, 1.54) is 21.5 Å². The van der Waals surface area contributed by atoms with Crippen LogP contribution in [-0.2, 0) is 17.8 Å².